The minimum atomic E-state index is -0.411. The fourth-order valence-electron chi connectivity index (χ4n) is 5.16. The Kier molecular flexibility index (Phi) is 9.69. The number of amides is 2. The molecule has 0 spiro atoms. The van der Waals surface area contributed by atoms with Gasteiger partial charge >= 0.3 is 6.03 Å². The number of anilines is 1. The van der Waals surface area contributed by atoms with Crippen molar-refractivity contribution in [2.75, 3.05) is 38.0 Å². The number of ketones is 3. The van der Waals surface area contributed by atoms with Crippen molar-refractivity contribution in [2.45, 2.75) is 46.5 Å². The second-order valence-electron chi connectivity index (χ2n) is 10.3. The molecule has 2 amide bonds. The Labute approximate surface area is 218 Å². The van der Waals surface area contributed by atoms with Gasteiger partial charge in [-0.25, -0.2) is 9.18 Å². The summed E-state index contributed by atoms with van der Waals surface area (Å²) in [5.41, 5.74) is 2.25. The van der Waals surface area contributed by atoms with Crippen LogP contribution in [0.2, 0.25) is 0 Å². The van der Waals surface area contributed by atoms with Crippen molar-refractivity contribution in [1.82, 2.24) is 5.32 Å². The maximum Gasteiger partial charge on any atom is 0.319 e. The number of carbonyl (C=O) groups is 4. The van der Waals surface area contributed by atoms with Gasteiger partial charge in [-0.15, -0.1) is 0 Å². The number of hydrogen-bond acceptors (Lipinski definition) is 4. The van der Waals surface area contributed by atoms with Gasteiger partial charge in [0, 0.05) is 36.7 Å². The van der Waals surface area contributed by atoms with Gasteiger partial charge in [-0.3, -0.25) is 14.4 Å². The second kappa shape index (κ2) is 12.7. The molecule has 2 aromatic carbocycles. The lowest BCUT2D eigenvalue weighted by Gasteiger charge is -2.43. The smallest absolute Gasteiger partial charge is 0.319 e. The van der Waals surface area contributed by atoms with Gasteiger partial charge in [-0.1, -0.05) is 12.1 Å². The van der Waals surface area contributed by atoms with Crippen LogP contribution in [-0.4, -0.2) is 60.6 Å². The molecule has 7 nitrogen and oxygen atoms in total. The molecule has 1 aliphatic rings. The van der Waals surface area contributed by atoms with Crippen molar-refractivity contribution in [2.24, 2.45) is 5.92 Å². The van der Waals surface area contributed by atoms with Crippen LogP contribution in [0.15, 0.2) is 42.5 Å². The maximum absolute atomic E-state index is 13.2. The van der Waals surface area contributed by atoms with Gasteiger partial charge in [0.25, 0.3) is 0 Å². The quantitative estimate of drug-likeness (QED) is 0.258. The van der Waals surface area contributed by atoms with E-state index in [-0.39, 0.29) is 23.2 Å². The first-order valence-corrected chi connectivity index (χ1v) is 12.9. The summed E-state index contributed by atoms with van der Waals surface area (Å²) in [5, 5.41) is 5.55. The summed E-state index contributed by atoms with van der Waals surface area (Å²) in [5.74, 6) is 0.0738. The molecule has 0 bridgehead atoms. The first-order chi connectivity index (χ1) is 17.5. The van der Waals surface area contributed by atoms with E-state index >= 15 is 0 Å². The fourth-order valence-corrected chi connectivity index (χ4v) is 5.16. The number of quaternary nitrogens is 1. The van der Waals surface area contributed by atoms with Crippen LogP contribution in [0.3, 0.4) is 0 Å². The number of benzene rings is 2. The Morgan fingerprint density at radius 2 is 1.51 bits per heavy atom. The second-order valence-corrected chi connectivity index (χ2v) is 10.3. The maximum atomic E-state index is 13.2. The van der Waals surface area contributed by atoms with Crippen LogP contribution >= 0.6 is 0 Å². The average molecular weight is 511 g/mol. The van der Waals surface area contributed by atoms with Gasteiger partial charge in [0.05, 0.1) is 19.6 Å². The van der Waals surface area contributed by atoms with Gasteiger partial charge in [-0.05, 0) is 74.9 Å². The van der Waals surface area contributed by atoms with Gasteiger partial charge in [0.1, 0.15) is 12.4 Å². The lowest BCUT2D eigenvalue weighted by Crippen LogP contribution is -2.56. The predicted molar refractivity (Wildman–Crippen MR) is 141 cm³/mol. The van der Waals surface area contributed by atoms with Crippen LogP contribution in [0.1, 0.15) is 66.3 Å². The molecule has 2 aromatic rings. The molecule has 3 rings (SSSR count). The summed E-state index contributed by atoms with van der Waals surface area (Å²) in [6, 6.07) is 10.9. The van der Waals surface area contributed by atoms with Gasteiger partial charge in [0.2, 0.25) is 0 Å². The average Bonchev–Trinajstić information content (AvgIpc) is 2.84. The van der Waals surface area contributed by atoms with Gasteiger partial charge in [0.15, 0.2) is 17.3 Å². The molecule has 37 heavy (non-hydrogen) atoms. The number of nitrogens with one attached hydrogen (secondary N) is 2. The highest BCUT2D eigenvalue weighted by atomic mass is 19.1. The number of Topliss-reactive ketones (excluding diaryl/α,β-unsaturated/α-hetero) is 3. The van der Waals surface area contributed by atoms with E-state index in [0.29, 0.717) is 35.8 Å². The Balaban J connectivity index is 1.50. The Hall–Kier alpha value is -3.39. The zero-order valence-electron chi connectivity index (χ0n) is 21.9. The monoisotopic (exact) mass is 510 g/mol. The van der Waals surface area contributed by atoms with Crippen molar-refractivity contribution in [1.29, 1.82) is 0 Å². The molecule has 8 heteroatoms. The summed E-state index contributed by atoms with van der Waals surface area (Å²) in [6.07, 6.45) is 3.64. The molecule has 0 radical (unpaired) electrons. The van der Waals surface area contributed by atoms with Gasteiger partial charge < -0.3 is 15.1 Å². The summed E-state index contributed by atoms with van der Waals surface area (Å²) in [6.45, 7) is 7.98. The highest BCUT2D eigenvalue weighted by Gasteiger charge is 2.34. The molecular formula is C29H37FN3O4+. The number of halogens is 1. The number of urea groups is 1. The minimum Gasteiger partial charge on any atom is -0.338 e. The standard InChI is InChI=1S/C29H36FN3O4/c1-20(34)19-33(13-9-24(10-14-33)15-23-5-7-27(30)8-6-23)12-4-11-31-29(37)32-28-17-25(21(2)35)16-26(18-28)22(3)36/h5-8,16-18,24H,4,9-15,19H2,1-3H3,(H-,31,32,37)/p+1. The van der Waals surface area contributed by atoms with E-state index in [2.05, 4.69) is 10.6 Å². The third-order valence-corrected chi connectivity index (χ3v) is 7.12. The van der Waals surface area contributed by atoms with E-state index in [4.69, 9.17) is 0 Å². The van der Waals surface area contributed by atoms with Crippen LogP contribution in [0, 0.1) is 11.7 Å². The van der Waals surface area contributed by atoms with E-state index in [9.17, 15) is 23.6 Å². The van der Waals surface area contributed by atoms with Crippen LogP contribution in [-0.2, 0) is 11.2 Å². The third kappa shape index (κ3) is 8.60. The topological polar surface area (TPSA) is 92.3 Å². The van der Waals surface area contributed by atoms with Crippen LogP contribution < -0.4 is 10.6 Å². The van der Waals surface area contributed by atoms with E-state index in [1.165, 1.54) is 32.0 Å². The fraction of sp³-hybridized carbons (Fsp3) is 0.448. The number of rotatable bonds is 11. The Morgan fingerprint density at radius 1 is 0.919 bits per heavy atom. The van der Waals surface area contributed by atoms with Gasteiger partial charge in [-0.2, -0.15) is 0 Å². The van der Waals surface area contributed by atoms with Crippen molar-refractivity contribution in [3.8, 4) is 0 Å². The highest BCUT2D eigenvalue weighted by Crippen LogP contribution is 2.27. The molecule has 0 atom stereocenters. The molecule has 1 fully saturated rings. The summed E-state index contributed by atoms with van der Waals surface area (Å²) < 4.78 is 13.9. The van der Waals surface area contributed by atoms with Crippen LogP contribution in [0.25, 0.3) is 0 Å². The zero-order chi connectivity index (χ0) is 27.0. The zero-order valence-corrected chi connectivity index (χ0v) is 21.9. The largest absolute Gasteiger partial charge is 0.338 e. The Morgan fingerprint density at radius 3 is 2.05 bits per heavy atom. The number of hydrogen-bond donors (Lipinski definition) is 2. The van der Waals surface area contributed by atoms with Crippen LogP contribution in [0.5, 0.6) is 0 Å². The first-order valence-electron chi connectivity index (χ1n) is 12.9. The van der Waals surface area contributed by atoms with Crippen LogP contribution in [0.4, 0.5) is 14.9 Å². The molecule has 1 heterocycles. The molecule has 0 aliphatic carbocycles. The number of carbonyl (C=O) groups excluding carboxylic acids is 4. The lowest BCUT2D eigenvalue weighted by atomic mass is 9.88. The lowest BCUT2D eigenvalue weighted by molar-refractivity contribution is -0.926. The number of likely N-dealkylation sites (tertiary alicyclic amines) is 1. The van der Waals surface area contributed by atoms with Crippen molar-refractivity contribution < 1.29 is 28.1 Å². The summed E-state index contributed by atoms with van der Waals surface area (Å²) >= 11 is 0. The third-order valence-electron chi connectivity index (χ3n) is 7.12. The molecule has 0 unspecified atom stereocenters. The van der Waals surface area contributed by atoms with Crippen molar-refractivity contribution >= 4 is 29.1 Å². The molecule has 1 saturated heterocycles. The molecule has 0 aromatic heterocycles. The number of nitrogens with zero attached hydrogens (tertiary/aromatic N) is 1. The molecule has 0 saturated carbocycles. The summed E-state index contributed by atoms with van der Waals surface area (Å²) in [7, 11) is 0. The first kappa shape index (κ1) is 28.2. The SMILES string of the molecule is CC(=O)C[N+]1(CCCNC(=O)Nc2cc(C(C)=O)cc(C(C)=O)c2)CCC(Cc2ccc(F)cc2)CC1. The van der Waals surface area contributed by atoms with Crippen molar-refractivity contribution in [3.63, 3.8) is 0 Å². The molecule has 198 valence electrons. The molecule has 2 N–H and O–H groups in total. The van der Waals surface area contributed by atoms with Crippen molar-refractivity contribution in [3.05, 3.63) is 65.0 Å². The highest BCUT2D eigenvalue weighted by molar-refractivity contribution is 6.02. The Bertz CT molecular complexity index is 1110. The van der Waals surface area contributed by atoms with E-state index < -0.39 is 6.03 Å². The molecular weight excluding hydrogens is 473 g/mol. The van der Waals surface area contributed by atoms with E-state index in [1.807, 2.05) is 12.1 Å². The minimum absolute atomic E-state index is 0.161. The predicted octanol–water partition coefficient (Wildman–Crippen LogP) is 4.80. The van der Waals surface area contributed by atoms with E-state index in [0.717, 1.165) is 55.4 Å². The molecule has 1 aliphatic heterocycles. The number of piperidine rings is 1. The normalized spacial score (nSPS) is 19.2. The summed E-state index contributed by atoms with van der Waals surface area (Å²) in [4.78, 5) is 48.0. The van der Waals surface area contributed by atoms with E-state index in [1.54, 1.807) is 19.1 Å².